The number of carbonyl (C=O) groups excluding carboxylic acids is 2. The summed E-state index contributed by atoms with van der Waals surface area (Å²) in [4.78, 5) is 22.8. The summed E-state index contributed by atoms with van der Waals surface area (Å²) < 4.78 is 4.61. The van der Waals surface area contributed by atoms with E-state index >= 15 is 0 Å². The molecule has 1 unspecified atom stereocenters. The maximum Gasteiger partial charge on any atom is 0.309 e. The van der Waals surface area contributed by atoms with Crippen LogP contribution < -0.4 is 0 Å². The summed E-state index contributed by atoms with van der Waals surface area (Å²) in [6, 6.07) is 5.44. The third-order valence-electron chi connectivity index (χ3n) is 2.36. The van der Waals surface area contributed by atoms with Gasteiger partial charge in [-0.2, -0.15) is 0 Å². The minimum absolute atomic E-state index is 0.0137. The molecule has 0 heterocycles. The van der Waals surface area contributed by atoms with Crippen molar-refractivity contribution in [2.75, 3.05) is 7.11 Å². The molecule has 0 amide bonds. The second kappa shape index (κ2) is 5.96. The second-order valence-corrected chi connectivity index (χ2v) is 5.31. The predicted octanol–water partition coefficient (Wildman–Crippen LogP) is 2.68. The van der Waals surface area contributed by atoms with Crippen molar-refractivity contribution < 1.29 is 14.3 Å². The predicted molar refractivity (Wildman–Crippen MR) is 69.6 cm³/mol. The standard InChI is InChI=1S/C13H15BrO3/c1-8-4-10(7-12(15)17-3)6-11(5-8)13(16)9(2)14/h4-6,9H,7H2,1-3H3. The monoisotopic (exact) mass is 298 g/mol. The topological polar surface area (TPSA) is 43.4 Å². The molecule has 0 aliphatic heterocycles. The number of Topliss-reactive ketones (excluding diaryl/α,β-unsaturated/α-hetero) is 1. The van der Waals surface area contributed by atoms with Crippen LogP contribution in [0.5, 0.6) is 0 Å². The van der Waals surface area contributed by atoms with E-state index in [0.717, 1.165) is 11.1 Å². The Morgan fingerprint density at radius 3 is 2.53 bits per heavy atom. The van der Waals surface area contributed by atoms with E-state index in [0.29, 0.717) is 5.56 Å². The van der Waals surface area contributed by atoms with Gasteiger partial charge >= 0.3 is 5.97 Å². The third kappa shape index (κ3) is 3.97. The summed E-state index contributed by atoms with van der Waals surface area (Å²) in [7, 11) is 1.35. The Hall–Kier alpha value is -1.16. The molecule has 0 aliphatic carbocycles. The van der Waals surface area contributed by atoms with E-state index in [1.54, 1.807) is 13.0 Å². The van der Waals surface area contributed by atoms with E-state index in [2.05, 4.69) is 20.7 Å². The molecule has 0 aliphatic rings. The van der Waals surface area contributed by atoms with E-state index < -0.39 is 0 Å². The normalized spacial score (nSPS) is 12.0. The van der Waals surface area contributed by atoms with Crippen molar-refractivity contribution >= 4 is 27.7 Å². The van der Waals surface area contributed by atoms with Crippen molar-refractivity contribution in [2.24, 2.45) is 0 Å². The average Bonchev–Trinajstić information content (AvgIpc) is 2.26. The molecule has 0 saturated heterocycles. The van der Waals surface area contributed by atoms with Gasteiger partial charge in [0.05, 0.1) is 18.4 Å². The third-order valence-corrected chi connectivity index (χ3v) is 2.77. The maximum absolute atomic E-state index is 11.8. The van der Waals surface area contributed by atoms with Gasteiger partial charge in [0.2, 0.25) is 0 Å². The van der Waals surface area contributed by atoms with Crippen LogP contribution in [0.1, 0.15) is 28.4 Å². The highest BCUT2D eigenvalue weighted by Gasteiger charge is 2.14. The summed E-state index contributed by atoms with van der Waals surface area (Å²) in [5, 5.41) is 0. The smallest absolute Gasteiger partial charge is 0.309 e. The number of aryl methyl sites for hydroxylation is 1. The fourth-order valence-corrected chi connectivity index (χ4v) is 1.84. The van der Waals surface area contributed by atoms with Gasteiger partial charge in [-0.15, -0.1) is 0 Å². The summed E-state index contributed by atoms with van der Waals surface area (Å²) in [5.41, 5.74) is 2.38. The minimum atomic E-state index is -0.305. The molecule has 0 spiro atoms. The van der Waals surface area contributed by atoms with Crippen molar-refractivity contribution in [1.82, 2.24) is 0 Å². The number of carbonyl (C=O) groups is 2. The van der Waals surface area contributed by atoms with Gasteiger partial charge in [-0.1, -0.05) is 27.6 Å². The number of rotatable bonds is 4. The zero-order valence-electron chi connectivity index (χ0n) is 10.1. The number of hydrogen-bond donors (Lipinski definition) is 0. The first-order valence-electron chi connectivity index (χ1n) is 5.29. The van der Waals surface area contributed by atoms with Crippen LogP contribution in [0.25, 0.3) is 0 Å². The number of ether oxygens (including phenoxy) is 1. The number of esters is 1. The summed E-state index contributed by atoms with van der Waals surface area (Å²) in [5.74, 6) is -0.291. The molecule has 0 fully saturated rings. The Morgan fingerprint density at radius 2 is 2.00 bits per heavy atom. The fraction of sp³-hybridized carbons (Fsp3) is 0.385. The van der Waals surface area contributed by atoms with Crippen LogP contribution in [0, 0.1) is 6.92 Å². The van der Waals surface area contributed by atoms with Crippen molar-refractivity contribution in [3.8, 4) is 0 Å². The van der Waals surface area contributed by atoms with Crippen LogP contribution in [0.3, 0.4) is 0 Å². The van der Waals surface area contributed by atoms with Gasteiger partial charge in [0.15, 0.2) is 5.78 Å². The highest BCUT2D eigenvalue weighted by molar-refractivity contribution is 9.10. The number of hydrogen-bond acceptors (Lipinski definition) is 3. The van der Waals surface area contributed by atoms with Gasteiger partial charge in [0.1, 0.15) is 0 Å². The van der Waals surface area contributed by atoms with Crippen LogP contribution in [0.15, 0.2) is 18.2 Å². The molecule has 0 bridgehead atoms. The summed E-state index contributed by atoms with van der Waals surface area (Å²) in [6.07, 6.45) is 0.190. The van der Waals surface area contributed by atoms with Crippen molar-refractivity contribution in [3.05, 3.63) is 34.9 Å². The van der Waals surface area contributed by atoms with Crippen LogP contribution >= 0.6 is 15.9 Å². The van der Waals surface area contributed by atoms with E-state index in [9.17, 15) is 9.59 Å². The van der Waals surface area contributed by atoms with Crippen LogP contribution in [-0.4, -0.2) is 23.7 Å². The second-order valence-electron chi connectivity index (χ2n) is 3.94. The Kier molecular flexibility index (Phi) is 4.87. The van der Waals surface area contributed by atoms with E-state index in [-0.39, 0.29) is 23.0 Å². The van der Waals surface area contributed by atoms with Gasteiger partial charge in [-0.05, 0) is 31.5 Å². The molecule has 0 saturated carbocycles. The van der Waals surface area contributed by atoms with Gasteiger partial charge in [-0.25, -0.2) is 0 Å². The zero-order chi connectivity index (χ0) is 13.0. The zero-order valence-corrected chi connectivity index (χ0v) is 11.7. The Morgan fingerprint density at radius 1 is 1.35 bits per heavy atom. The van der Waals surface area contributed by atoms with Crippen LogP contribution in [0.4, 0.5) is 0 Å². The van der Waals surface area contributed by atoms with Crippen LogP contribution in [-0.2, 0) is 16.0 Å². The molecule has 1 rings (SSSR count). The molecule has 1 aromatic rings. The van der Waals surface area contributed by atoms with Crippen molar-refractivity contribution in [1.29, 1.82) is 0 Å². The maximum atomic E-state index is 11.8. The molecule has 4 heteroatoms. The first kappa shape index (κ1) is 13.9. The number of benzene rings is 1. The van der Waals surface area contributed by atoms with Gasteiger partial charge in [-0.3, -0.25) is 9.59 Å². The summed E-state index contributed by atoms with van der Waals surface area (Å²) in [6.45, 7) is 3.68. The molecule has 17 heavy (non-hydrogen) atoms. The molecule has 3 nitrogen and oxygen atoms in total. The van der Waals surface area contributed by atoms with Crippen molar-refractivity contribution in [2.45, 2.75) is 25.1 Å². The van der Waals surface area contributed by atoms with Gasteiger partial charge in [0, 0.05) is 5.56 Å². The van der Waals surface area contributed by atoms with Gasteiger partial charge in [0.25, 0.3) is 0 Å². The fourth-order valence-electron chi connectivity index (χ4n) is 1.58. The molecule has 1 atom stereocenters. The molecule has 0 N–H and O–H groups in total. The minimum Gasteiger partial charge on any atom is -0.469 e. The van der Waals surface area contributed by atoms with E-state index in [1.807, 2.05) is 19.1 Å². The SMILES string of the molecule is COC(=O)Cc1cc(C)cc(C(=O)C(C)Br)c1. The number of ketones is 1. The van der Waals surface area contributed by atoms with Gasteiger partial charge < -0.3 is 4.74 Å². The highest BCUT2D eigenvalue weighted by Crippen LogP contribution is 2.15. The molecule has 1 aromatic carbocycles. The molecule has 0 radical (unpaired) electrons. The Labute approximate surface area is 109 Å². The lowest BCUT2D eigenvalue weighted by molar-refractivity contribution is -0.139. The van der Waals surface area contributed by atoms with Crippen molar-refractivity contribution in [3.63, 3.8) is 0 Å². The number of methoxy groups -OCH3 is 1. The lowest BCUT2D eigenvalue weighted by atomic mass is 10.0. The number of alkyl halides is 1. The van der Waals surface area contributed by atoms with Crippen LogP contribution in [0.2, 0.25) is 0 Å². The lowest BCUT2D eigenvalue weighted by Gasteiger charge is -2.07. The quantitative estimate of drug-likeness (QED) is 0.488. The molecule has 0 aromatic heterocycles. The Bertz CT molecular complexity index is 438. The molecular formula is C13H15BrO3. The molecular weight excluding hydrogens is 284 g/mol. The largest absolute Gasteiger partial charge is 0.469 e. The van der Waals surface area contributed by atoms with E-state index in [4.69, 9.17) is 0 Å². The first-order valence-corrected chi connectivity index (χ1v) is 6.21. The molecule has 92 valence electrons. The Balaban J connectivity index is 3.02. The first-order chi connectivity index (χ1) is 7.93. The summed E-state index contributed by atoms with van der Waals surface area (Å²) >= 11 is 3.25. The number of halogens is 1. The lowest BCUT2D eigenvalue weighted by Crippen LogP contribution is -2.12. The van der Waals surface area contributed by atoms with E-state index in [1.165, 1.54) is 7.11 Å². The highest BCUT2D eigenvalue weighted by atomic mass is 79.9. The average molecular weight is 299 g/mol.